The molecule has 3 rings (SSSR count). The summed E-state index contributed by atoms with van der Waals surface area (Å²) < 4.78 is 0. The third-order valence-electron chi connectivity index (χ3n) is 3.07. The minimum absolute atomic E-state index is 0.639. The van der Waals surface area contributed by atoms with Crippen molar-refractivity contribution >= 4 is 5.69 Å². The molecule has 0 spiro atoms. The Morgan fingerprint density at radius 2 is 1.94 bits per heavy atom. The first-order chi connectivity index (χ1) is 8.24. The molecule has 2 aromatic rings. The van der Waals surface area contributed by atoms with Crippen LogP contribution in [0.3, 0.4) is 0 Å². The van der Waals surface area contributed by atoms with E-state index in [0.29, 0.717) is 5.92 Å². The lowest BCUT2D eigenvalue weighted by atomic mass is 10.1. The number of nitrogens with zero attached hydrogens (tertiary/aromatic N) is 2. The maximum Gasteiger partial charge on any atom is 0.161 e. The molecule has 86 valence electrons. The summed E-state index contributed by atoms with van der Waals surface area (Å²) in [5, 5.41) is 0. The molecule has 1 aromatic heterocycles. The molecule has 1 aromatic carbocycles. The fraction of sp³-hybridized carbons (Fsp3) is 0.286. The molecule has 1 heterocycles. The number of benzene rings is 1. The molecule has 17 heavy (non-hydrogen) atoms. The van der Waals surface area contributed by atoms with Crippen LogP contribution in [0.1, 0.15) is 30.1 Å². The molecular weight excluding hydrogens is 210 g/mol. The molecule has 1 aliphatic rings. The summed E-state index contributed by atoms with van der Waals surface area (Å²) >= 11 is 0. The lowest BCUT2D eigenvalue weighted by molar-refractivity contribution is 0.974. The molecule has 2 N–H and O–H groups in total. The first kappa shape index (κ1) is 10.3. The molecule has 3 heteroatoms. The highest BCUT2D eigenvalue weighted by molar-refractivity contribution is 5.71. The van der Waals surface area contributed by atoms with E-state index in [1.807, 2.05) is 31.2 Å². The number of hydrogen-bond acceptors (Lipinski definition) is 3. The summed E-state index contributed by atoms with van der Waals surface area (Å²) in [6, 6.07) is 9.84. The summed E-state index contributed by atoms with van der Waals surface area (Å²) in [5.41, 5.74) is 9.81. The van der Waals surface area contributed by atoms with Crippen LogP contribution in [0.15, 0.2) is 30.3 Å². The van der Waals surface area contributed by atoms with Crippen molar-refractivity contribution in [2.45, 2.75) is 25.7 Å². The molecule has 3 nitrogen and oxygen atoms in total. The van der Waals surface area contributed by atoms with Gasteiger partial charge in [0.2, 0.25) is 0 Å². The lowest BCUT2D eigenvalue weighted by Gasteiger charge is -2.07. The molecule has 0 bridgehead atoms. The predicted octanol–water partition coefficient (Wildman–Crippen LogP) is 2.91. The normalized spacial score (nSPS) is 14.9. The fourth-order valence-electron chi connectivity index (χ4n) is 2.00. The van der Waals surface area contributed by atoms with E-state index >= 15 is 0 Å². The van der Waals surface area contributed by atoms with Gasteiger partial charge in [-0.3, -0.25) is 0 Å². The molecule has 0 saturated heterocycles. The van der Waals surface area contributed by atoms with Gasteiger partial charge >= 0.3 is 0 Å². The molecule has 0 radical (unpaired) electrons. The van der Waals surface area contributed by atoms with E-state index in [2.05, 4.69) is 16.0 Å². The topological polar surface area (TPSA) is 51.8 Å². The molecule has 0 unspecified atom stereocenters. The van der Waals surface area contributed by atoms with E-state index in [4.69, 9.17) is 5.73 Å². The molecule has 0 amide bonds. The number of para-hydroxylation sites is 1. The summed E-state index contributed by atoms with van der Waals surface area (Å²) in [7, 11) is 0. The zero-order chi connectivity index (χ0) is 11.8. The van der Waals surface area contributed by atoms with Crippen molar-refractivity contribution in [1.82, 2.24) is 9.97 Å². The second-order valence-corrected chi connectivity index (χ2v) is 4.62. The number of aromatic nitrogens is 2. The van der Waals surface area contributed by atoms with Crippen molar-refractivity contribution in [2.24, 2.45) is 0 Å². The summed E-state index contributed by atoms with van der Waals surface area (Å²) in [4.78, 5) is 9.12. The Morgan fingerprint density at radius 3 is 2.65 bits per heavy atom. The van der Waals surface area contributed by atoms with Gasteiger partial charge < -0.3 is 5.73 Å². The van der Waals surface area contributed by atoms with Crippen molar-refractivity contribution < 1.29 is 0 Å². The summed E-state index contributed by atoms with van der Waals surface area (Å²) in [5.74, 6) is 1.39. The van der Waals surface area contributed by atoms with Crippen LogP contribution in [0.2, 0.25) is 0 Å². The third kappa shape index (κ3) is 2.00. The van der Waals surface area contributed by atoms with Gasteiger partial charge in [0.15, 0.2) is 5.82 Å². The second-order valence-electron chi connectivity index (χ2n) is 4.62. The fourth-order valence-corrected chi connectivity index (χ4v) is 2.00. The van der Waals surface area contributed by atoms with Crippen molar-refractivity contribution in [3.8, 4) is 11.4 Å². The van der Waals surface area contributed by atoms with E-state index in [1.165, 1.54) is 12.8 Å². The number of nitrogen functional groups attached to an aromatic ring is 1. The number of anilines is 1. The molecule has 1 aliphatic carbocycles. The zero-order valence-electron chi connectivity index (χ0n) is 9.85. The first-order valence-electron chi connectivity index (χ1n) is 5.94. The SMILES string of the molecule is Cc1cc(C2CC2)nc(-c2ccccc2N)n1. The highest BCUT2D eigenvalue weighted by atomic mass is 14.9. The molecule has 1 saturated carbocycles. The number of rotatable bonds is 2. The predicted molar refractivity (Wildman–Crippen MR) is 68.6 cm³/mol. The van der Waals surface area contributed by atoms with Gasteiger partial charge in [0.1, 0.15) is 0 Å². The smallest absolute Gasteiger partial charge is 0.161 e. The minimum Gasteiger partial charge on any atom is -0.398 e. The van der Waals surface area contributed by atoms with Crippen molar-refractivity contribution in [3.05, 3.63) is 41.7 Å². The Balaban J connectivity index is 2.11. The van der Waals surface area contributed by atoms with E-state index in [0.717, 1.165) is 28.5 Å². The van der Waals surface area contributed by atoms with Crippen LogP contribution in [-0.2, 0) is 0 Å². The van der Waals surface area contributed by atoms with Crippen molar-refractivity contribution in [2.75, 3.05) is 5.73 Å². The van der Waals surface area contributed by atoms with Crippen LogP contribution < -0.4 is 5.73 Å². The van der Waals surface area contributed by atoms with E-state index in [9.17, 15) is 0 Å². The minimum atomic E-state index is 0.639. The lowest BCUT2D eigenvalue weighted by Crippen LogP contribution is -1.99. The molecular formula is C14H15N3. The Hall–Kier alpha value is -1.90. The van der Waals surface area contributed by atoms with Crippen LogP contribution in [0.5, 0.6) is 0 Å². The van der Waals surface area contributed by atoms with Gasteiger partial charge in [0.05, 0.1) is 0 Å². The van der Waals surface area contributed by atoms with Gasteiger partial charge in [-0.1, -0.05) is 12.1 Å². The summed E-state index contributed by atoms with van der Waals surface area (Å²) in [6.45, 7) is 2.01. The van der Waals surface area contributed by atoms with Crippen LogP contribution in [0.4, 0.5) is 5.69 Å². The standard InChI is InChI=1S/C14H15N3/c1-9-8-13(10-6-7-10)17-14(16-9)11-4-2-3-5-12(11)15/h2-5,8,10H,6-7,15H2,1H3. The van der Waals surface area contributed by atoms with Crippen LogP contribution in [0.25, 0.3) is 11.4 Å². The van der Waals surface area contributed by atoms with Gasteiger partial charge in [0, 0.05) is 28.6 Å². The van der Waals surface area contributed by atoms with E-state index < -0.39 is 0 Å². The first-order valence-corrected chi connectivity index (χ1v) is 5.94. The Morgan fingerprint density at radius 1 is 1.18 bits per heavy atom. The number of hydrogen-bond donors (Lipinski definition) is 1. The maximum absolute atomic E-state index is 5.96. The van der Waals surface area contributed by atoms with E-state index in [-0.39, 0.29) is 0 Å². The maximum atomic E-state index is 5.96. The summed E-state index contributed by atoms with van der Waals surface area (Å²) in [6.07, 6.45) is 2.50. The Bertz CT molecular complexity index is 559. The van der Waals surface area contributed by atoms with Gasteiger partial charge in [0.25, 0.3) is 0 Å². The van der Waals surface area contributed by atoms with Gasteiger partial charge in [-0.2, -0.15) is 0 Å². The Kier molecular flexibility index (Phi) is 2.32. The van der Waals surface area contributed by atoms with Crippen LogP contribution >= 0.6 is 0 Å². The zero-order valence-corrected chi connectivity index (χ0v) is 9.85. The highest BCUT2D eigenvalue weighted by Crippen LogP contribution is 2.39. The quantitative estimate of drug-likeness (QED) is 0.799. The van der Waals surface area contributed by atoms with Crippen LogP contribution in [0, 0.1) is 6.92 Å². The highest BCUT2D eigenvalue weighted by Gasteiger charge is 2.26. The van der Waals surface area contributed by atoms with Gasteiger partial charge in [-0.15, -0.1) is 0 Å². The molecule has 1 fully saturated rings. The number of aryl methyl sites for hydroxylation is 1. The van der Waals surface area contributed by atoms with Gasteiger partial charge in [-0.25, -0.2) is 9.97 Å². The van der Waals surface area contributed by atoms with E-state index in [1.54, 1.807) is 0 Å². The molecule has 0 atom stereocenters. The molecule has 0 aliphatic heterocycles. The average molecular weight is 225 g/mol. The van der Waals surface area contributed by atoms with Crippen molar-refractivity contribution in [1.29, 1.82) is 0 Å². The second kappa shape index (κ2) is 3.84. The Labute approximate surface area is 101 Å². The largest absolute Gasteiger partial charge is 0.398 e. The average Bonchev–Trinajstić information content (AvgIpc) is 3.12. The third-order valence-corrected chi connectivity index (χ3v) is 3.07. The van der Waals surface area contributed by atoms with Crippen molar-refractivity contribution in [3.63, 3.8) is 0 Å². The van der Waals surface area contributed by atoms with Gasteiger partial charge in [-0.05, 0) is 38.0 Å². The monoisotopic (exact) mass is 225 g/mol. The number of nitrogens with two attached hydrogens (primary N) is 1. The van der Waals surface area contributed by atoms with Crippen LogP contribution in [-0.4, -0.2) is 9.97 Å².